The number of nitrogens with zero attached hydrogens (tertiary/aromatic N) is 4. The Morgan fingerprint density at radius 1 is 1.32 bits per heavy atom. The fourth-order valence-corrected chi connectivity index (χ4v) is 2.05. The summed E-state index contributed by atoms with van der Waals surface area (Å²) in [5.41, 5.74) is 6.88. The van der Waals surface area contributed by atoms with Crippen molar-refractivity contribution in [1.82, 2.24) is 19.5 Å². The van der Waals surface area contributed by atoms with Gasteiger partial charge in [0.1, 0.15) is 23.8 Å². The molecule has 0 aromatic carbocycles. The Morgan fingerprint density at radius 2 is 2.11 bits per heavy atom. The van der Waals surface area contributed by atoms with Gasteiger partial charge in [0.25, 0.3) is 0 Å². The number of imidazole rings is 1. The SMILES string of the molecule is CC(C)c1c(N)ncnc1NCCc1nccn1C. The molecule has 0 fully saturated rings. The average molecular weight is 260 g/mol. The largest absolute Gasteiger partial charge is 0.383 e. The summed E-state index contributed by atoms with van der Waals surface area (Å²) in [6.07, 6.45) is 6.07. The number of aryl methyl sites for hydroxylation is 1. The first-order valence-electron chi connectivity index (χ1n) is 6.40. The third-order valence-electron chi connectivity index (χ3n) is 3.05. The van der Waals surface area contributed by atoms with E-state index in [0.29, 0.717) is 5.82 Å². The molecule has 0 bridgehead atoms. The second kappa shape index (κ2) is 5.69. The summed E-state index contributed by atoms with van der Waals surface area (Å²) in [7, 11) is 1.99. The van der Waals surface area contributed by atoms with Gasteiger partial charge in [-0.3, -0.25) is 0 Å². The van der Waals surface area contributed by atoms with Crippen molar-refractivity contribution >= 4 is 11.6 Å². The van der Waals surface area contributed by atoms with Crippen molar-refractivity contribution in [1.29, 1.82) is 0 Å². The molecule has 0 aliphatic rings. The molecule has 0 radical (unpaired) electrons. The zero-order valence-corrected chi connectivity index (χ0v) is 11.6. The molecule has 3 N–H and O–H groups in total. The van der Waals surface area contributed by atoms with E-state index in [2.05, 4.69) is 34.1 Å². The van der Waals surface area contributed by atoms with E-state index in [4.69, 9.17) is 5.73 Å². The lowest BCUT2D eigenvalue weighted by Crippen LogP contribution is -2.13. The Labute approximate surface area is 113 Å². The molecule has 2 rings (SSSR count). The van der Waals surface area contributed by atoms with Gasteiger partial charge in [-0.25, -0.2) is 15.0 Å². The number of rotatable bonds is 5. The van der Waals surface area contributed by atoms with E-state index in [1.54, 1.807) is 6.20 Å². The van der Waals surface area contributed by atoms with Crippen molar-refractivity contribution in [2.75, 3.05) is 17.6 Å². The summed E-state index contributed by atoms with van der Waals surface area (Å²) < 4.78 is 2.01. The second-order valence-corrected chi connectivity index (χ2v) is 4.81. The first-order chi connectivity index (χ1) is 9.09. The fraction of sp³-hybridized carbons (Fsp3) is 0.462. The van der Waals surface area contributed by atoms with Gasteiger partial charge in [0, 0.05) is 38.0 Å². The molecule has 2 heterocycles. The van der Waals surface area contributed by atoms with Gasteiger partial charge in [0.2, 0.25) is 0 Å². The molecule has 102 valence electrons. The average Bonchev–Trinajstić information content (AvgIpc) is 2.75. The second-order valence-electron chi connectivity index (χ2n) is 4.81. The van der Waals surface area contributed by atoms with Crippen LogP contribution >= 0.6 is 0 Å². The van der Waals surface area contributed by atoms with Gasteiger partial charge in [-0.2, -0.15) is 0 Å². The molecule has 19 heavy (non-hydrogen) atoms. The van der Waals surface area contributed by atoms with E-state index >= 15 is 0 Å². The van der Waals surface area contributed by atoms with Crippen molar-refractivity contribution < 1.29 is 0 Å². The van der Waals surface area contributed by atoms with E-state index in [9.17, 15) is 0 Å². The van der Waals surface area contributed by atoms with Crippen LogP contribution in [0.2, 0.25) is 0 Å². The summed E-state index contributed by atoms with van der Waals surface area (Å²) in [5.74, 6) is 2.69. The van der Waals surface area contributed by atoms with Crippen LogP contribution in [0.4, 0.5) is 11.6 Å². The molecule has 0 amide bonds. The van der Waals surface area contributed by atoms with Crippen LogP contribution in [-0.2, 0) is 13.5 Å². The first kappa shape index (κ1) is 13.3. The maximum atomic E-state index is 5.91. The standard InChI is InChI=1S/C13H20N6/c1-9(2)11-12(14)17-8-18-13(11)16-5-4-10-15-6-7-19(10)3/h6-9H,4-5H2,1-3H3,(H3,14,16,17,18). The zero-order valence-electron chi connectivity index (χ0n) is 11.6. The Balaban J connectivity index is 2.04. The molecule has 0 saturated carbocycles. The third kappa shape index (κ3) is 3.01. The maximum Gasteiger partial charge on any atom is 0.134 e. The number of nitrogens with two attached hydrogens (primary N) is 1. The number of hydrogen-bond acceptors (Lipinski definition) is 5. The molecular formula is C13H20N6. The van der Waals surface area contributed by atoms with Crippen LogP contribution in [-0.4, -0.2) is 26.1 Å². The smallest absolute Gasteiger partial charge is 0.134 e. The lowest BCUT2D eigenvalue weighted by atomic mass is 10.0. The van der Waals surface area contributed by atoms with E-state index < -0.39 is 0 Å². The normalized spacial score (nSPS) is 10.9. The molecule has 6 nitrogen and oxygen atoms in total. The lowest BCUT2D eigenvalue weighted by Gasteiger charge is -2.14. The predicted octanol–water partition coefficient (Wildman–Crippen LogP) is 1.57. The Hall–Kier alpha value is -2.11. The third-order valence-corrected chi connectivity index (χ3v) is 3.05. The summed E-state index contributed by atoms with van der Waals surface area (Å²) in [4.78, 5) is 12.6. The highest BCUT2D eigenvalue weighted by molar-refractivity contribution is 5.56. The van der Waals surface area contributed by atoms with Crippen molar-refractivity contribution in [2.45, 2.75) is 26.2 Å². The van der Waals surface area contributed by atoms with Crippen LogP contribution in [0.1, 0.15) is 31.2 Å². The maximum absolute atomic E-state index is 5.91. The zero-order chi connectivity index (χ0) is 13.8. The number of anilines is 2. The van der Waals surface area contributed by atoms with Crippen molar-refractivity contribution in [3.05, 3.63) is 30.1 Å². The van der Waals surface area contributed by atoms with E-state index in [-0.39, 0.29) is 5.92 Å². The quantitative estimate of drug-likeness (QED) is 0.852. The number of aromatic nitrogens is 4. The van der Waals surface area contributed by atoms with E-state index in [0.717, 1.165) is 30.2 Å². The van der Waals surface area contributed by atoms with Gasteiger partial charge in [0.05, 0.1) is 0 Å². The monoisotopic (exact) mass is 260 g/mol. The minimum absolute atomic E-state index is 0.289. The fourth-order valence-electron chi connectivity index (χ4n) is 2.05. The van der Waals surface area contributed by atoms with Gasteiger partial charge < -0.3 is 15.6 Å². The summed E-state index contributed by atoms with van der Waals surface area (Å²) in [5, 5.41) is 3.32. The molecule has 6 heteroatoms. The van der Waals surface area contributed by atoms with Crippen molar-refractivity contribution in [2.24, 2.45) is 7.05 Å². The van der Waals surface area contributed by atoms with Gasteiger partial charge in [-0.05, 0) is 5.92 Å². The molecule has 0 aliphatic carbocycles. The first-order valence-corrected chi connectivity index (χ1v) is 6.40. The van der Waals surface area contributed by atoms with Gasteiger partial charge in [0.15, 0.2) is 0 Å². The molecular weight excluding hydrogens is 240 g/mol. The van der Waals surface area contributed by atoms with Gasteiger partial charge >= 0.3 is 0 Å². The molecule has 0 atom stereocenters. The van der Waals surface area contributed by atoms with Crippen LogP contribution in [0.3, 0.4) is 0 Å². The van der Waals surface area contributed by atoms with Crippen LogP contribution in [0.25, 0.3) is 0 Å². The van der Waals surface area contributed by atoms with E-state index in [1.165, 1.54) is 6.33 Å². The number of hydrogen-bond donors (Lipinski definition) is 2. The molecule has 2 aromatic heterocycles. The minimum Gasteiger partial charge on any atom is -0.383 e. The predicted molar refractivity (Wildman–Crippen MR) is 75.9 cm³/mol. The van der Waals surface area contributed by atoms with Crippen LogP contribution in [0, 0.1) is 0 Å². The lowest BCUT2D eigenvalue weighted by molar-refractivity contribution is 0.784. The highest BCUT2D eigenvalue weighted by atomic mass is 15.1. The number of nitrogen functional groups attached to an aromatic ring is 1. The van der Waals surface area contributed by atoms with Crippen LogP contribution in [0.5, 0.6) is 0 Å². The molecule has 0 saturated heterocycles. The topological polar surface area (TPSA) is 81.7 Å². The Bertz CT molecular complexity index is 546. The highest BCUT2D eigenvalue weighted by Crippen LogP contribution is 2.25. The molecule has 2 aromatic rings. The highest BCUT2D eigenvalue weighted by Gasteiger charge is 2.12. The Kier molecular flexibility index (Phi) is 3.99. The van der Waals surface area contributed by atoms with Gasteiger partial charge in [-0.1, -0.05) is 13.8 Å². The van der Waals surface area contributed by atoms with Crippen LogP contribution in [0.15, 0.2) is 18.7 Å². The molecule has 0 aliphatic heterocycles. The Morgan fingerprint density at radius 3 is 2.74 bits per heavy atom. The number of nitrogens with one attached hydrogen (secondary N) is 1. The van der Waals surface area contributed by atoms with Crippen molar-refractivity contribution in [3.63, 3.8) is 0 Å². The van der Waals surface area contributed by atoms with Crippen LogP contribution < -0.4 is 11.1 Å². The van der Waals surface area contributed by atoms with Gasteiger partial charge in [-0.15, -0.1) is 0 Å². The molecule has 0 unspecified atom stereocenters. The van der Waals surface area contributed by atoms with E-state index in [1.807, 2.05) is 17.8 Å². The molecule has 0 spiro atoms. The van der Waals surface area contributed by atoms with Crippen molar-refractivity contribution in [3.8, 4) is 0 Å². The minimum atomic E-state index is 0.289. The summed E-state index contributed by atoms with van der Waals surface area (Å²) >= 11 is 0. The summed E-state index contributed by atoms with van der Waals surface area (Å²) in [6, 6.07) is 0. The summed E-state index contributed by atoms with van der Waals surface area (Å²) in [6.45, 7) is 4.93.